The number of nitrogens with zero attached hydrogens (tertiary/aromatic N) is 1. The third-order valence-corrected chi connectivity index (χ3v) is 3.08. The molecule has 16 heavy (non-hydrogen) atoms. The first-order valence-corrected chi connectivity index (χ1v) is 5.68. The van der Waals surface area contributed by atoms with Crippen molar-refractivity contribution in [2.24, 2.45) is 0 Å². The van der Waals surface area contributed by atoms with Crippen LogP contribution in [0.2, 0.25) is 0 Å². The smallest absolute Gasteiger partial charge is 0.131 e. The van der Waals surface area contributed by atoms with E-state index in [0.29, 0.717) is 11.6 Å². The van der Waals surface area contributed by atoms with E-state index in [9.17, 15) is 9.50 Å². The number of hydrogen-bond donors (Lipinski definition) is 1. The minimum absolute atomic E-state index is 0.319. The summed E-state index contributed by atoms with van der Waals surface area (Å²) in [7, 11) is 1.93. The van der Waals surface area contributed by atoms with Crippen molar-refractivity contribution in [1.82, 2.24) is 0 Å². The second-order valence-electron chi connectivity index (χ2n) is 4.22. The number of aliphatic hydroxyl groups excluding tert-OH is 1. The van der Waals surface area contributed by atoms with Crippen LogP contribution in [0, 0.1) is 5.82 Å². The molecule has 1 aromatic carbocycles. The molecule has 1 rings (SSSR count). The van der Waals surface area contributed by atoms with Crippen LogP contribution >= 0.6 is 0 Å². The molecular weight excluding hydrogens is 205 g/mol. The van der Waals surface area contributed by atoms with Gasteiger partial charge in [0.2, 0.25) is 0 Å². The first-order chi connectivity index (χ1) is 7.49. The quantitative estimate of drug-likeness (QED) is 0.851. The molecule has 0 bridgehead atoms. The van der Waals surface area contributed by atoms with Crippen molar-refractivity contribution in [3.05, 3.63) is 29.6 Å². The van der Waals surface area contributed by atoms with E-state index in [2.05, 4.69) is 13.8 Å². The molecule has 0 aliphatic rings. The molecular formula is C13H20FNO. The number of rotatable bonds is 4. The lowest BCUT2D eigenvalue weighted by Crippen LogP contribution is -2.29. The molecule has 0 aromatic heterocycles. The Morgan fingerprint density at radius 1 is 1.38 bits per heavy atom. The lowest BCUT2D eigenvalue weighted by Gasteiger charge is -2.29. The second kappa shape index (κ2) is 5.30. The lowest BCUT2D eigenvalue weighted by molar-refractivity contribution is 0.194. The molecule has 0 saturated heterocycles. The van der Waals surface area contributed by atoms with Crippen molar-refractivity contribution in [2.45, 2.75) is 39.3 Å². The van der Waals surface area contributed by atoms with Gasteiger partial charge in [-0.05, 0) is 32.4 Å². The predicted molar refractivity (Wildman–Crippen MR) is 65.2 cm³/mol. The van der Waals surface area contributed by atoms with Crippen LogP contribution < -0.4 is 4.90 Å². The van der Waals surface area contributed by atoms with Gasteiger partial charge in [-0.3, -0.25) is 0 Å². The molecule has 0 amide bonds. The molecule has 3 heteroatoms. The maximum atomic E-state index is 13.6. The van der Waals surface area contributed by atoms with Gasteiger partial charge in [0.25, 0.3) is 0 Å². The first kappa shape index (κ1) is 13.0. The molecule has 1 unspecified atom stereocenters. The largest absolute Gasteiger partial charge is 0.389 e. The van der Waals surface area contributed by atoms with E-state index in [1.807, 2.05) is 18.0 Å². The normalized spacial score (nSPS) is 14.6. The molecule has 2 atom stereocenters. The Labute approximate surface area is 96.7 Å². The Balaban J connectivity index is 3.17. The van der Waals surface area contributed by atoms with E-state index >= 15 is 0 Å². The van der Waals surface area contributed by atoms with Crippen LogP contribution in [0.4, 0.5) is 10.1 Å². The third kappa shape index (κ3) is 2.53. The number of halogens is 1. The molecule has 0 fully saturated rings. The highest BCUT2D eigenvalue weighted by atomic mass is 19.1. The third-order valence-electron chi connectivity index (χ3n) is 3.08. The van der Waals surface area contributed by atoms with Crippen LogP contribution in [0.1, 0.15) is 38.9 Å². The summed E-state index contributed by atoms with van der Waals surface area (Å²) in [6, 6.07) is 5.22. The van der Waals surface area contributed by atoms with Crippen LogP contribution in [-0.4, -0.2) is 18.2 Å². The Kier molecular flexibility index (Phi) is 4.30. The highest BCUT2D eigenvalue weighted by molar-refractivity contribution is 5.55. The Hall–Kier alpha value is -1.09. The average Bonchev–Trinajstić information content (AvgIpc) is 2.26. The van der Waals surface area contributed by atoms with E-state index in [-0.39, 0.29) is 5.82 Å². The molecule has 1 aromatic rings. The fraction of sp³-hybridized carbons (Fsp3) is 0.538. The molecule has 0 aliphatic heterocycles. The van der Waals surface area contributed by atoms with Gasteiger partial charge in [0.15, 0.2) is 0 Å². The van der Waals surface area contributed by atoms with Gasteiger partial charge in [0.05, 0.1) is 6.10 Å². The van der Waals surface area contributed by atoms with E-state index in [4.69, 9.17) is 0 Å². The zero-order valence-electron chi connectivity index (χ0n) is 10.4. The zero-order chi connectivity index (χ0) is 12.3. The Bertz CT molecular complexity index is 352. The van der Waals surface area contributed by atoms with E-state index in [0.717, 1.165) is 12.1 Å². The van der Waals surface area contributed by atoms with Crippen molar-refractivity contribution in [3.63, 3.8) is 0 Å². The number of hydrogen-bond acceptors (Lipinski definition) is 2. The van der Waals surface area contributed by atoms with Gasteiger partial charge < -0.3 is 10.0 Å². The molecule has 1 N–H and O–H groups in total. The summed E-state index contributed by atoms with van der Waals surface area (Å²) in [5.74, 6) is -0.345. The lowest BCUT2D eigenvalue weighted by atomic mass is 10.1. The molecule has 0 saturated carbocycles. The maximum absolute atomic E-state index is 13.6. The van der Waals surface area contributed by atoms with Gasteiger partial charge in [0, 0.05) is 24.3 Å². The van der Waals surface area contributed by atoms with Gasteiger partial charge in [-0.15, -0.1) is 0 Å². The highest BCUT2D eigenvalue weighted by Gasteiger charge is 2.18. The zero-order valence-corrected chi connectivity index (χ0v) is 10.4. The predicted octanol–water partition coefficient (Wildman–Crippen LogP) is 3.11. The van der Waals surface area contributed by atoms with Gasteiger partial charge >= 0.3 is 0 Å². The van der Waals surface area contributed by atoms with E-state index in [1.54, 1.807) is 13.0 Å². The Morgan fingerprint density at radius 3 is 2.50 bits per heavy atom. The van der Waals surface area contributed by atoms with Crippen LogP contribution in [0.3, 0.4) is 0 Å². The van der Waals surface area contributed by atoms with Gasteiger partial charge in [-0.1, -0.05) is 13.0 Å². The molecule has 0 radical (unpaired) electrons. The fourth-order valence-electron chi connectivity index (χ4n) is 1.76. The SMILES string of the molecule is CCC(C)N(C)c1cccc(F)c1[C@@H](C)O. The van der Waals surface area contributed by atoms with Crippen molar-refractivity contribution < 1.29 is 9.50 Å². The summed E-state index contributed by atoms with van der Waals surface area (Å²) in [5.41, 5.74) is 1.15. The van der Waals surface area contributed by atoms with Crippen LogP contribution in [0.5, 0.6) is 0 Å². The van der Waals surface area contributed by atoms with Crippen molar-refractivity contribution >= 4 is 5.69 Å². The van der Waals surface area contributed by atoms with Gasteiger partial charge in [0.1, 0.15) is 5.82 Å². The van der Waals surface area contributed by atoms with E-state index in [1.165, 1.54) is 6.07 Å². The summed E-state index contributed by atoms with van der Waals surface area (Å²) >= 11 is 0. The first-order valence-electron chi connectivity index (χ1n) is 5.68. The van der Waals surface area contributed by atoms with Crippen molar-refractivity contribution in [2.75, 3.05) is 11.9 Å². The standard InChI is InChI=1S/C13H20FNO/c1-5-9(2)15(4)12-8-6-7-11(14)13(12)10(3)16/h6-10,16H,5H2,1-4H3/t9?,10-/m1/s1. The Morgan fingerprint density at radius 2 is 2.00 bits per heavy atom. The summed E-state index contributed by atoms with van der Waals surface area (Å²) in [6.45, 7) is 5.76. The summed E-state index contributed by atoms with van der Waals surface area (Å²) in [4.78, 5) is 2.01. The number of aliphatic hydroxyl groups is 1. The number of benzene rings is 1. The maximum Gasteiger partial charge on any atom is 0.131 e. The fourth-order valence-corrected chi connectivity index (χ4v) is 1.76. The van der Waals surface area contributed by atoms with Crippen molar-refractivity contribution in [3.8, 4) is 0 Å². The highest BCUT2D eigenvalue weighted by Crippen LogP contribution is 2.29. The van der Waals surface area contributed by atoms with Gasteiger partial charge in [-0.2, -0.15) is 0 Å². The molecule has 90 valence electrons. The monoisotopic (exact) mass is 225 g/mol. The minimum atomic E-state index is -0.789. The molecule has 0 aliphatic carbocycles. The van der Waals surface area contributed by atoms with Crippen LogP contribution in [-0.2, 0) is 0 Å². The van der Waals surface area contributed by atoms with Crippen molar-refractivity contribution in [1.29, 1.82) is 0 Å². The number of anilines is 1. The van der Waals surface area contributed by atoms with Crippen LogP contribution in [0.25, 0.3) is 0 Å². The summed E-state index contributed by atoms with van der Waals surface area (Å²) < 4.78 is 13.6. The van der Waals surface area contributed by atoms with Gasteiger partial charge in [-0.25, -0.2) is 4.39 Å². The summed E-state index contributed by atoms with van der Waals surface area (Å²) in [6.07, 6.45) is 0.189. The molecule has 0 spiro atoms. The topological polar surface area (TPSA) is 23.5 Å². The molecule has 2 nitrogen and oxygen atoms in total. The molecule has 0 heterocycles. The van der Waals surface area contributed by atoms with Crippen LogP contribution in [0.15, 0.2) is 18.2 Å². The average molecular weight is 225 g/mol. The van der Waals surface area contributed by atoms with E-state index < -0.39 is 6.10 Å². The summed E-state index contributed by atoms with van der Waals surface area (Å²) in [5, 5.41) is 9.62. The second-order valence-corrected chi connectivity index (χ2v) is 4.22. The minimum Gasteiger partial charge on any atom is -0.389 e.